The minimum absolute atomic E-state index is 0.0274. The van der Waals surface area contributed by atoms with Crippen LogP contribution in [-0.2, 0) is 24.0 Å². The summed E-state index contributed by atoms with van der Waals surface area (Å²) in [6.07, 6.45) is 3.85. The molecule has 0 bridgehead atoms. The summed E-state index contributed by atoms with van der Waals surface area (Å²) in [4.78, 5) is 67.5. The van der Waals surface area contributed by atoms with Gasteiger partial charge in [-0.2, -0.15) is 0 Å². The number of carbonyl (C=O) groups is 5. The number of primary amides is 1. The van der Waals surface area contributed by atoms with Crippen molar-refractivity contribution < 1.29 is 54.2 Å². The Balaban J connectivity index is 0.968. The van der Waals surface area contributed by atoms with Gasteiger partial charge in [-0.1, -0.05) is 61.2 Å². The van der Waals surface area contributed by atoms with Gasteiger partial charge in [-0.15, -0.1) is 0 Å². The topological polar surface area (TPSA) is 237 Å². The third kappa shape index (κ3) is 9.23. The van der Waals surface area contributed by atoms with Crippen molar-refractivity contribution in [2.45, 2.75) is 95.8 Å². The molecule has 0 heterocycles. The van der Waals surface area contributed by atoms with E-state index in [1.807, 2.05) is 12.1 Å². The molecule has 0 aliphatic heterocycles. The quantitative estimate of drug-likeness (QED) is 0.0274. The van der Waals surface area contributed by atoms with Crippen molar-refractivity contribution in [3.8, 4) is 11.5 Å². The van der Waals surface area contributed by atoms with Crippen LogP contribution in [0.1, 0.15) is 86.5 Å². The number of phenols is 1. The fourth-order valence-corrected chi connectivity index (χ4v) is 15.1. The number of aliphatic hydroxyl groups is 4. The lowest BCUT2D eigenvalue weighted by Crippen LogP contribution is -2.70. The average molecular weight is 961 g/mol. The molecule has 364 valence electrons. The molecule has 3 aliphatic rings. The molecule has 14 nitrogen and oxygen atoms in total. The van der Waals surface area contributed by atoms with Crippen LogP contribution in [0.4, 0.5) is 5.69 Å². The highest BCUT2D eigenvalue weighted by molar-refractivity contribution is 7.95. The smallest absolute Gasteiger partial charge is 0.255 e. The number of nitrogens with zero attached hydrogens (tertiary/aromatic N) is 1. The number of ketones is 3. The molecule has 1 saturated carbocycles. The average Bonchev–Trinajstić information content (AvgIpc) is 3.31. The van der Waals surface area contributed by atoms with Crippen molar-refractivity contribution in [2.24, 2.45) is 17.6 Å². The summed E-state index contributed by atoms with van der Waals surface area (Å²) in [5, 5.41) is 64.7. The number of likely N-dealkylation sites (N-methyl/N-ethyl adjacent to an activating group) is 1. The minimum Gasteiger partial charge on any atom is -0.508 e. The molecular formula is C54H63N3O11P+. The monoisotopic (exact) mass is 960 g/mol. The second kappa shape index (κ2) is 20.4. The van der Waals surface area contributed by atoms with Gasteiger partial charge in [-0.3, -0.25) is 28.9 Å². The molecule has 69 heavy (non-hydrogen) atoms. The maximum Gasteiger partial charge on any atom is 0.255 e. The molecule has 0 spiro atoms. The molecule has 2 amide bonds. The van der Waals surface area contributed by atoms with Gasteiger partial charge in [0.25, 0.3) is 5.91 Å². The first-order valence-corrected chi connectivity index (χ1v) is 25.4. The van der Waals surface area contributed by atoms with Crippen LogP contribution in [0.25, 0.3) is 5.76 Å². The highest BCUT2D eigenvalue weighted by Crippen LogP contribution is 2.58. The van der Waals surface area contributed by atoms with Crippen molar-refractivity contribution in [3.63, 3.8) is 0 Å². The number of hydrogen-bond acceptors (Lipinski definition) is 12. The molecule has 6 atom stereocenters. The fourth-order valence-electron chi connectivity index (χ4n) is 10.8. The molecule has 0 radical (unpaired) electrons. The molecule has 15 heteroatoms. The number of unbranched alkanes of at least 4 members (excludes halogenated alkanes) is 4. The number of nitrogens with two attached hydrogens (primary N) is 1. The second-order valence-electron chi connectivity index (χ2n) is 19.0. The van der Waals surface area contributed by atoms with Gasteiger partial charge in [0.05, 0.1) is 42.6 Å². The van der Waals surface area contributed by atoms with Crippen LogP contribution < -0.4 is 31.7 Å². The van der Waals surface area contributed by atoms with Crippen molar-refractivity contribution in [3.05, 3.63) is 124 Å². The van der Waals surface area contributed by atoms with Crippen LogP contribution in [-0.4, -0.2) is 105 Å². The van der Waals surface area contributed by atoms with Gasteiger partial charge in [0, 0.05) is 30.8 Å². The standard InChI is InChI=1S/C54H62N3O11P/c1-30-13-20-35(21-14-30)69(36-22-15-31(2)16-23-36,37-24-18-34(68-6)19-25-37)29-11-9-7-8-10-12-33(58)17-28-40(59)56-39-27-26-38-32(3)41-43(48(61)42(38)47(39)60)51(64)54(67)45(49(41)62)46(57(4)5)50(63)44(52(54)65)53(55)66/h13-16,18-27,32,41,45-46,49,62,67H,7-12,17,28-29H2,1-6H3,(H5-,55,56,59,60,61,63,64,65,66)/p+1/t32-,41+,45+,46-,49-,54-/m0/s1. The number of nitrogens with one attached hydrogen (secondary N) is 1. The van der Waals surface area contributed by atoms with Crippen LogP contribution >= 0.6 is 7.26 Å². The highest BCUT2D eigenvalue weighted by Gasteiger charge is 2.68. The first-order chi connectivity index (χ1) is 32.8. The van der Waals surface area contributed by atoms with E-state index in [1.54, 1.807) is 14.0 Å². The highest BCUT2D eigenvalue weighted by atomic mass is 31.2. The van der Waals surface area contributed by atoms with Gasteiger partial charge in [0.2, 0.25) is 11.7 Å². The lowest BCUT2D eigenvalue weighted by atomic mass is 9.54. The van der Waals surface area contributed by atoms with Crippen molar-refractivity contribution >= 4 is 63.8 Å². The summed E-state index contributed by atoms with van der Waals surface area (Å²) < 4.78 is 5.51. The lowest BCUT2D eigenvalue weighted by molar-refractivity contribution is -0.169. The van der Waals surface area contributed by atoms with E-state index in [4.69, 9.17) is 10.5 Å². The number of aryl methyl sites for hydroxylation is 2. The van der Waals surface area contributed by atoms with Gasteiger partial charge in [-0.05, 0) is 113 Å². The number of aromatic hydroxyl groups is 1. The van der Waals surface area contributed by atoms with Gasteiger partial charge in [0.15, 0.2) is 11.4 Å². The molecule has 0 aromatic heterocycles. The van der Waals surface area contributed by atoms with E-state index in [2.05, 4.69) is 79.8 Å². The normalized spacial score (nSPS) is 22.2. The molecule has 3 aliphatic carbocycles. The van der Waals surface area contributed by atoms with E-state index in [1.165, 1.54) is 58.2 Å². The van der Waals surface area contributed by atoms with Gasteiger partial charge < -0.3 is 41.3 Å². The molecule has 4 aromatic rings. The molecule has 0 saturated heterocycles. The van der Waals surface area contributed by atoms with E-state index in [0.29, 0.717) is 18.4 Å². The number of hydrogen-bond donors (Lipinski definition) is 7. The third-order valence-electron chi connectivity index (χ3n) is 14.4. The summed E-state index contributed by atoms with van der Waals surface area (Å²) in [7, 11) is 2.52. The number of methoxy groups -OCH3 is 1. The number of carbonyl (C=O) groups excluding carboxylic acids is 5. The first kappa shape index (κ1) is 50.7. The van der Waals surface area contributed by atoms with Crippen LogP contribution in [0.15, 0.2) is 102 Å². The van der Waals surface area contributed by atoms with Gasteiger partial charge >= 0.3 is 0 Å². The third-order valence-corrected chi connectivity index (χ3v) is 19.0. The maximum absolute atomic E-state index is 14.3. The molecular weight excluding hydrogens is 898 g/mol. The van der Waals surface area contributed by atoms with Crippen LogP contribution in [0, 0.1) is 25.7 Å². The Kier molecular flexibility index (Phi) is 15.0. The number of Topliss-reactive ketones (excluding diaryl/α,β-unsaturated/α-hetero) is 3. The summed E-state index contributed by atoms with van der Waals surface area (Å²) >= 11 is 0. The zero-order valence-electron chi connectivity index (χ0n) is 40.0. The SMILES string of the molecule is COc1ccc([P+](CCCCCCCC(=O)CCC(=O)Nc2ccc3c(c2O)C(O)=C2C(=O)[C@]4(O)C(O)=C(C(N)=O)C(=O)[C@@H](N(C)C)[C@@H]4[C@@H](O)[C@@H]2[C@H]3C)(c2ccc(C)cc2)c2ccc(C)cc2)cc1. The Morgan fingerprint density at radius 3 is 1.88 bits per heavy atom. The van der Waals surface area contributed by atoms with Crippen LogP contribution in [0.2, 0.25) is 0 Å². The van der Waals surface area contributed by atoms with E-state index in [0.717, 1.165) is 37.6 Å². The number of phenolic OH excluding ortho intramolecular Hbond substituents is 1. The van der Waals surface area contributed by atoms with Crippen LogP contribution in [0.3, 0.4) is 0 Å². The molecule has 4 aromatic carbocycles. The Bertz CT molecular complexity index is 2670. The number of aliphatic hydroxyl groups excluding tert-OH is 3. The van der Waals surface area contributed by atoms with E-state index in [9.17, 15) is 49.5 Å². The van der Waals surface area contributed by atoms with Gasteiger partial charge in [0.1, 0.15) is 57.5 Å². The molecule has 7 rings (SSSR count). The first-order valence-electron chi connectivity index (χ1n) is 23.5. The summed E-state index contributed by atoms with van der Waals surface area (Å²) in [5.41, 5.74) is 3.15. The number of fused-ring (bicyclic) bond motifs is 3. The second-order valence-corrected chi connectivity index (χ2v) is 22.6. The van der Waals surface area contributed by atoms with Crippen molar-refractivity contribution in [1.82, 2.24) is 4.90 Å². The number of rotatable bonds is 18. The maximum atomic E-state index is 14.3. The lowest BCUT2D eigenvalue weighted by Gasteiger charge is -2.53. The fraction of sp³-hybridized carbons (Fsp3) is 0.389. The largest absolute Gasteiger partial charge is 0.508 e. The van der Waals surface area contributed by atoms with Crippen molar-refractivity contribution in [1.29, 1.82) is 0 Å². The molecule has 1 fully saturated rings. The molecule has 8 N–H and O–H groups in total. The molecule has 0 unspecified atom stereocenters. The van der Waals surface area contributed by atoms with Crippen LogP contribution in [0.5, 0.6) is 11.5 Å². The summed E-state index contributed by atoms with van der Waals surface area (Å²) in [5.74, 6) is -9.98. The van der Waals surface area contributed by atoms with E-state index >= 15 is 0 Å². The van der Waals surface area contributed by atoms with Gasteiger partial charge in [-0.25, -0.2) is 0 Å². The predicted octanol–water partition coefficient (Wildman–Crippen LogP) is 5.74. The summed E-state index contributed by atoms with van der Waals surface area (Å²) in [6, 6.07) is 27.8. The number of ether oxygens (including phenoxy) is 1. The zero-order chi connectivity index (χ0) is 50.1. The van der Waals surface area contributed by atoms with E-state index < -0.39 is 94.6 Å². The number of amides is 2. The summed E-state index contributed by atoms with van der Waals surface area (Å²) in [6.45, 7) is 5.83. The minimum atomic E-state index is -3.05. The Hall–Kier alpha value is -6.18. The Morgan fingerprint density at radius 1 is 0.783 bits per heavy atom. The van der Waals surface area contributed by atoms with Crippen molar-refractivity contribution in [2.75, 3.05) is 32.7 Å². The number of anilines is 1. The number of benzene rings is 4. The zero-order valence-corrected chi connectivity index (χ0v) is 40.9. The predicted molar refractivity (Wildman–Crippen MR) is 267 cm³/mol. The Morgan fingerprint density at radius 2 is 1.33 bits per heavy atom. The Labute approximate surface area is 403 Å². The van der Waals surface area contributed by atoms with E-state index in [-0.39, 0.29) is 29.9 Å².